The van der Waals surface area contributed by atoms with Crippen LogP contribution in [0.5, 0.6) is 17.2 Å². The third kappa shape index (κ3) is 2.64. The highest BCUT2D eigenvalue weighted by Crippen LogP contribution is 2.49. The molecule has 5 nitrogen and oxygen atoms in total. The van der Waals surface area contributed by atoms with Crippen molar-refractivity contribution in [3.63, 3.8) is 0 Å². The number of methoxy groups -OCH3 is 1. The van der Waals surface area contributed by atoms with Gasteiger partial charge in [0.1, 0.15) is 17.2 Å². The van der Waals surface area contributed by atoms with Crippen LogP contribution in [0.25, 0.3) is 0 Å². The lowest BCUT2D eigenvalue weighted by Gasteiger charge is -2.38. The van der Waals surface area contributed by atoms with Crippen molar-refractivity contribution in [2.24, 2.45) is 5.10 Å². The number of nitrogens with zero attached hydrogens (tertiary/aromatic N) is 2. The van der Waals surface area contributed by atoms with Crippen LogP contribution in [0.2, 0.25) is 0 Å². The molecule has 27 heavy (non-hydrogen) atoms. The molecule has 5 rings (SSSR count). The van der Waals surface area contributed by atoms with Crippen molar-refractivity contribution < 1.29 is 14.6 Å². The van der Waals surface area contributed by atoms with E-state index in [-0.39, 0.29) is 11.8 Å². The number of hydrogen-bond donors (Lipinski definition) is 1. The van der Waals surface area contributed by atoms with Gasteiger partial charge in [0.15, 0.2) is 0 Å². The molecule has 0 radical (unpaired) electrons. The molecule has 1 aromatic heterocycles. The molecule has 0 bridgehead atoms. The van der Waals surface area contributed by atoms with Crippen molar-refractivity contribution in [1.82, 2.24) is 5.01 Å². The summed E-state index contributed by atoms with van der Waals surface area (Å²) in [6.07, 6.45) is 0.291. The SMILES string of the molecule is COc1ccc(O)c([C@H]2Oc3ccccc3[C@H]3CC(c4cccs4)=NN32)c1. The Labute approximate surface area is 161 Å². The lowest BCUT2D eigenvalue weighted by molar-refractivity contribution is -0.0204. The molecule has 0 fully saturated rings. The fourth-order valence-corrected chi connectivity index (χ4v) is 4.41. The number of fused-ring (bicyclic) bond motifs is 3. The number of phenolic OH excluding ortho intramolecular Hbond substituents is 1. The summed E-state index contributed by atoms with van der Waals surface area (Å²) in [6.45, 7) is 0. The standard InChI is InChI=1S/C21H18N2O3S/c1-25-13-8-9-18(24)15(11-13)21-23-17(14-5-2-3-6-19(14)26-21)12-16(22-23)20-7-4-10-27-20/h2-11,17,21,24H,12H2,1H3/t17-,21-/m1/s1. The Morgan fingerprint density at radius 2 is 2.04 bits per heavy atom. The molecule has 3 heterocycles. The minimum atomic E-state index is -0.516. The topological polar surface area (TPSA) is 54.3 Å². The number of hydrogen-bond acceptors (Lipinski definition) is 6. The summed E-state index contributed by atoms with van der Waals surface area (Å²) in [6, 6.07) is 17.4. The van der Waals surface area contributed by atoms with E-state index in [1.807, 2.05) is 35.3 Å². The maximum absolute atomic E-state index is 10.5. The van der Waals surface area contributed by atoms with Gasteiger partial charge in [0.05, 0.1) is 29.3 Å². The maximum Gasteiger partial charge on any atom is 0.217 e. The summed E-state index contributed by atoms with van der Waals surface area (Å²) in [5.74, 6) is 1.66. The number of hydrazone groups is 1. The lowest BCUT2D eigenvalue weighted by atomic mass is 9.97. The van der Waals surface area contributed by atoms with Crippen LogP contribution in [-0.4, -0.2) is 22.9 Å². The van der Waals surface area contributed by atoms with Gasteiger partial charge in [-0.05, 0) is 35.7 Å². The third-order valence-corrected chi connectivity index (χ3v) is 5.92. The molecule has 2 aromatic carbocycles. The van der Waals surface area contributed by atoms with Gasteiger partial charge in [-0.25, -0.2) is 5.01 Å². The molecule has 1 N–H and O–H groups in total. The average Bonchev–Trinajstić information content (AvgIpc) is 3.37. The minimum absolute atomic E-state index is 0.0719. The van der Waals surface area contributed by atoms with Crippen LogP contribution in [0.1, 0.15) is 34.7 Å². The highest BCUT2D eigenvalue weighted by Gasteiger charge is 2.42. The summed E-state index contributed by atoms with van der Waals surface area (Å²) in [7, 11) is 1.61. The first-order chi connectivity index (χ1) is 13.2. The molecular weight excluding hydrogens is 360 g/mol. The second-order valence-corrected chi connectivity index (χ2v) is 7.50. The number of phenols is 1. The monoisotopic (exact) mass is 378 g/mol. The summed E-state index contributed by atoms with van der Waals surface area (Å²) in [4.78, 5) is 1.16. The first kappa shape index (κ1) is 16.2. The van der Waals surface area contributed by atoms with Crippen LogP contribution >= 0.6 is 11.3 Å². The average molecular weight is 378 g/mol. The number of rotatable bonds is 3. The van der Waals surface area contributed by atoms with Gasteiger partial charge in [-0.2, -0.15) is 5.10 Å². The Bertz CT molecular complexity index is 1020. The van der Waals surface area contributed by atoms with Crippen LogP contribution in [0.3, 0.4) is 0 Å². The van der Waals surface area contributed by atoms with Gasteiger partial charge < -0.3 is 14.6 Å². The zero-order valence-electron chi connectivity index (χ0n) is 14.7. The largest absolute Gasteiger partial charge is 0.507 e. The first-order valence-electron chi connectivity index (χ1n) is 8.77. The highest BCUT2D eigenvalue weighted by molar-refractivity contribution is 7.12. The van der Waals surface area contributed by atoms with Gasteiger partial charge in [0.25, 0.3) is 0 Å². The van der Waals surface area contributed by atoms with Gasteiger partial charge in [-0.3, -0.25) is 0 Å². The Morgan fingerprint density at radius 3 is 2.85 bits per heavy atom. The molecular formula is C21H18N2O3S. The van der Waals surface area contributed by atoms with Crippen LogP contribution in [-0.2, 0) is 0 Å². The van der Waals surface area contributed by atoms with Gasteiger partial charge in [-0.15, -0.1) is 11.3 Å². The van der Waals surface area contributed by atoms with Crippen LogP contribution in [0, 0.1) is 0 Å². The van der Waals surface area contributed by atoms with Crippen LogP contribution in [0.15, 0.2) is 65.1 Å². The lowest BCUT2D eigenvalue weighted by Crippen LogP contribution is -2.33. The summed E-state index contributed by atoms with van der Waals surface area (Å²) in [5.41, 5.74) is 2.80. The first-order valence-corrected chi connectivity index (χ1v) is 9.65. The van der Waals surface area contributed by atoms with Crippen molar-refractivity contribution >= 4 is 17.0 Å². The molecule has 2 atom stereocenters. The molecule has 3 aromatic rings. The molecule has 0 spiro atoms. The van der Waals surface area contributed by atoms with Crippen molar-refractivity contribution in [2.45, 2.75) is 18.7 Å². The molecule has 136 valence electrons. The van der Waals surface area contributed by atoms with Crippen molar-refractivity contribution in [1.29, 1.82) is 0 Å². The molecule has 2 aliphatic rings. The normalized spacial score (nSPS) is 20.5. The summed E-state index contributed by atoms with van der Waals surface area (Å²) in [5, 5.41) is 19.4. The maximum atomic E-state index is 10.5. The van der Waals surface area contributed by atoms with Crippen LogP contribution in [0.4, 0.5) is 0 Å². The van der Waals surface area contributed by atoms with E-state index >= 15 is 0 Å². The van der Waals surface area contributed by atoms with E-state index in [2.05, 4.69) is 17.5 Å². The van der Waals surface area contributed by atoms with Gasteiger partial charge in [-0.1, -0.05) is 24.3 Å². The zero-order chi connectivity index (χ0) is 18.4. The van der Waals surface area contributed by atoms with E-state index in [1.165, 1.54) is 0 Å². The molecule has 0 aliphatic carbocycles. The quantitative estimate of drug-likeness (QED) is 0.717. The van der Waals surface area contributed by atoms with Gasteiger partial charge >= 0.3 is 0 Å². The van der Waals surface area contributed by atoms with Crippen molar-refractivity contribution in [2.75, 3.05) is 7.11 Å². The number of aromatic hydroxyl groups is 1. The molecule has 0 unspecified atom stereocenters. The second kappa shape index (κ2) is 6.32. The van der Waals surface area contributed by atoms with Crippen molar-refractivity contribution in [3.05, 3.63) is 76.0 Å². The van der Waals surface area contributed by atoms with E-state index < -0.39 is 6.23 Å². The van der Waals surface area contributed by atoms with E-state index in [4.69, 9.17) is 14.6 Å². The molecule has 6 heteroatoms. The number of ether oxygens (including phenoxy) is 2. The zero-order valence-corrected chi connectivity index (χ0v) is 15.5. The smallest absolute Gasteiger partial charge is 0.217 e. The molecule has 2 aliphatic heterocycles. The predicted octanol–water partition coefficient (Wildman–Crippen LogP) is 4.70. The fraction of sp³-hybridized carbons (Fsp3) is 0.190. The predicted molar refractivity (Wildman–Crippen MR) is 105 cm³/mol. The molecule has 0 saturated carbocycles. The Balaban J connectivity index is 1.63. The molecule has 0 amide bonds. The fourth-order valence-electron chi connectivity index (χ4n) is 3.69. The van der Waals surface area contributed by atoms with E-state index in [1.54, 1.807) is 30.6 Å². The van der Waals surface area contributed by atoms with E-state index in [0.717, 1.165) is 28.3 Å². The number of benzene rings is 2. The Kier molecular flexibility index (Phi) is 3.79. The Morgan fingerprint density at radius 1 is 1.15 bits per heavy atom. The summed E-state index contributed by atoms with van der Waals surface area (Å²) < 4.78 is 11.6. The number of para-hydroxylation sites is 1. The molecule has 0 saturated heterocycles. The van der Waals surface area contributed by atoms with Crippen LogP contribution < -0.4 is 9.47 Å². The third-order valence-electron chi connectivity index (χ3n) is 5.01. The highest BCUT2D eigenvalue weighted by atomic mass is 32.1. The van der Waals surface area contributed by atoms with E-state index in [9.17, 15) is 5.11 Å². The minimum Gasteiger partial charge on any atom is -0.507 e. The Hall–Kier alpha value is -2.99. The second-order valence-electron chi connectivity index (χ2n) is 6.56. The van der Waals surface area contributed by atoms with Gasteiger partial charge in [0.2, 0.25) is 6.23 Å². The van der Waals surface area contributed by atoms with Crippen molar-refractivity contribution in [3.8, 4) is 17.2 Å². The van der Waals surface area contributed by atoms with Gasteiger partial charge in [0, 0.05) is 12.0 Å². The number of thiophene rings is 1. The van der Waals surface area contributed by atoms with E-state index in [0.29, 0.717) is 11.3 Å². The summed E-state index contributed by atoms with van der Waals surface area (Å²) >= 11 is 1.69.